The number of urea groups is 1. The van der Waals surface area contributed by atoms with Crippen LogP contribution in [0, 0.1) is 0 Å². The van der Waals surface area contributed by atoms with Crippen LogP contribution in [-0.2, 0) is 0 Å². The Bertz CT molecular complexity index is 299. The Morgan fingerprint density at radius 1 is 1.40 bits per heavy atom. The third-order valence-electron chi connectivity index (χ3n) is 4.51. The number of amides is 2. The summed E-state index contributed by atoms with van der Waals surface area (Å²) in [5, 5.41) is 15.0. The molecule has 0 saturated carbocycles. The van der Waals surface area contributed by atoms with E-state index in [1.165, 1.54) is 12.8 Å². The highest BCUT2D eigenvalue weighted by Crippen LogP contribution is 2.16. The molecule has 0 spiro atoms. The van der Waals surface area contributed by atoms with Crippen molar-refractivity contribution in [3.63, 3.8) is 0 Å². The van der Waals surface area contributed by atoms with Crippen molar-refractivity contribution in [2.45, 2.75) is 64.5 Å². The van der Waals surface area contributed by atoms with E-state index in [0.717, 1.165) is 25.9 Å². The molecule has 1 aliphatic heterocycles. The number of nitrogens with one attached hydrogen (secondary N) is 2. The van der Waals surface area contributed by atoms with Crippen LogP contribution in [0.1, 0.15) is 52.9 Å². The molecule has 0 bridgehead atoms. The van der Waals surface area contributed by atoms with E-state index >= 15 is 0 Å². The summed E-state index contributed by atoms with van der Waals surface area (Å²) in [6.07, 6.45) is 5.07. The molecule has 3 N–H and O–H groups in total. The summed E-state index contributed by atoms with van der Waals surface area (Å²) in [6.45, 7) is 9.16. The maximum absolute atomic E-state index is 12.0. The average molecular weight is 285 g/mol. The molecule has 2 unspecified atom stereocenters. The van der Waals surface area contributed by atoms with Crippen LogP contribution in [0.3, 0.4) is 0 Å². The second kappa shape index (κ2) is 8.47. The smallest absolute Gasteiger partial charge is 0.315 e. The van der Waals surface area contributed by atoms with E-state index in [2.05, 4.69) is 22.5 Å². The summed E-state index contributed by atoms with van der Waals surface area (Å²) in [7, 11) is 0. The first-order chi connectivity index (χ1) is 9.54. The quantitative estimate of drug-likeness (QED) is 0.667. The van der Waals surface area contributed by atoms with Crippen molar-refractivity contribution in [1.29, 1.82) is 0 Å². The normalized spacial score (nSPS) is 23.1. The summed E-state index contributed by atoms with van der Waals surface area (Å²) in [4.78, 5) is 14.4. The van der Waals surface area contributed by atoms with Crippen LogP contribution in [0.2, 0.25) is 0 Å². The summed E-state index contributed by atoms with van der Waals surface area (Å²) >= 11 is 0. The van der Waals surface area contributed by atoms with Gasteiger partial charge in [-0.3, -0.25) is 4.90 Å². The fourth-order valence-corrected chi connectivity index (χ4v) is 2.81. The Morgan fingerprint density at radius 3 is 2.75 bits per heavy atom. The molecular formula is C15H31N3O2. The lowest BCUT2D eigenvalue weighted by atomic mass is 9.95. The second-order valence-corrected chi connectivity index (χ2v) is 6.00. The van der Waals surface area contributed by atoms with Crippen molar-refractivity contribution in [3.8, 4) is 0 Å². The number of rotatable bonds is 7. The number of carbonyl (C=O) groups excluding carboxylic acids is 1. The lowest BCUT2D eigenvalue weighted by molar-refractivity contribution is 0.151. The highest BCUT2D eigenvalue weighted by Gasteiger charge is 2.25. The first kappa shape index (κ1) is 17.2. The van der Waals surface area contributed by atoms with Gasteiger partial charge in [-0.2, -0.15) is 0 Å². The number of aliphatic hydroxyl groups excluding tert-OH is 1. The highest BCUT2D eigenvalue weighted by atomic mass is 16.3. The van der Waals surface area contributed by atoms with Crippen molar-refractivity contribution in [2.75, 3.05) is 26.2 Å². The van der Waals surface area contributed by atoms with Crippen LogP contribution in [0.5, 0.6) is 0 Å². The monoisotopic (exact) mass is 285 g/mol. The molecule has 20 heavy (non-hydrogen) atoms. The summed E-state index contributed by atoms with van der Waals surface area (Å²) in [6, 6.07) is 0.342. The molecule has 0 aromatic rings. The Hall–Kier alpha value is -0.810. The van der Waals surface area contributed by atoms with E-state index in [0.29, 0.717) is 19.0 Å². The molecule has 118 valence electrons. The third kappa shape index (κ3) is 5.29. The Morgan fingerprint density at radius 2 is 2.15 bits per heavy atom. The van der Waals surface area contributed by atoms with Gasteiger partial charge < -0.3 is 15.7 Å². The number of carbonyl (C=O) groups is 1. The number of aliphatic hydroxyl groups is 1. The van der Waals surface area contributed by atoms with E-state index in [1.807, 2.05) is 13.8 Å². The molecule has 0 aliphatic carbocycles. The van der Waals surface area contributed by atoms with E-state index in [4.69, 9.17) is 5.11 Å². The fraction of sp³-hybridized carbons (Fsp3) is 0.933. The minimum Gasteiger partial charge on any atom is -0.396 e. The van der Waals surface area contributed by atoms with E-state index < -0.39 is 0 Å². The number of hydrogen-bond acceptors (Lipinski definition) is 3. The molecule has 0 aromatic heterocycles. The largest absolute Gasteiger partial charge is 0.396 e. The van der Waals surface area contributed by atoms with Gasteiger partial charge in [0, 0.05) is 24.7 Å². The van der Waals surface area contributed by atoms with Gasteiger partial charge in [-0.1, -0.05) is 20.3 Å². The van der Waals surface area contributed by atoms with Crippen molar-refractivity contribution in [3.05, 3.63) is 0 Å². The van der Waals surface area contributed by atoms with Crippen LogP contribution in [-0.4, -0.2) is 53.9 Å². The van der Waals surface area contributed by atoms with Crippen LogP contribution in [0.4, 0.5) is 4.79 Å². The van der Waals surface area contributed by atoms with Crippen molar-refractivity contribution < 1.29 is 9.90 Å². The number of piperidine rings is 1. The number of likely N-dealkylation sites (N-methyl/N-ethyl adjacent to an activating group) is 1. The van der Waals surface area contributed by atoms with Crippen LogP contribution >= 0.6 is 0 Å². The first-order valence-electron chi connectivity index (χ1n) is 7.95. The Labute approximate surface area is 123 Å². The SMILES string of the molecule is CCN1CCCCC1CNC(=O)NC(C)(CC)CCO. The number of hydrogen-bond donors (Lipinski definition) is 3. The average Bonchev–Trinajstić information content (AvgIpc) is 2.45. The molecule has 1 heterocycles. The zero-order valence-corrected chi connectivity index (χ0v) is 13.2. The molecule has 1 saturated heterocycles. The topological polar surface area (TPSA) is 64.6 Å². The van der Waals surface area contributed by atoms with Gasteiger partial charge >= 0.3 is 6.03 Å². The van der Waals surface area contributed by atoms with E-state index in [1.54, 1.807) is 0 Å². The van der Waals surface area contributed by atoms with Gasteiger partial charge in [0.15, 0.2) is 0 Å². The number of likely N-dealkylation sites (tertiary alicyclic amines) is 1. The number of nitrogens with zero attached hydrogens (tertiary/aromatic N) is 1. The maximum Gasteiger partial charge on any atom is 0.315 e. The molecule has 0 radical (unpaired) electrons. The molecule has 5 heteroatoms. The van der Waals surface area contributed by atoms with Gasteiger partial charge in [-0.05, 0) is 45.7 Å². The predicted octanol–water partition coefficient (Wildman–Crippen LogP) is 1.71. The molecule has 2 amide bonds. The molecular weight excluding hydrogens is 254 g/mol. The highest BCUT2D eigenvalue weighted by molar-refractivity contribution is 5.74. The fourth-order valence-electron chi connectivity index (χ4n) is 2.81. The first-order valence-corrected chi connectivity index (χ1v) is 7.95. The van der Waals surface area contributed by atoms with Crippen LogP contribution in [0.15, 0.2) is 0 Å². The van der Waals surface area contributed by atoms with Crippen molar-refractivity contribution in [2.24, 2.45) is 0 Å². The molecule has 1 aliphatic rings. The van der Waals surface area contributed by atoms with Gasteiger partial charge in [-0.15, -0.1) is 0 Å². The maximum atomic E-state index is 12.0. The molecule has 2 atom stereocenters. The minimum absolute atomic E-state index is 0.0941. The van der Waals surface area contributed by atoms with Crippen molar-refractivity contribution in [1.82, 2.24) is 15.5 Å². The van der Waals surface area contributed by atoms with E-state index in [9.17, 15) is 4.79 Å². The Balaban J connectivity index is 2.38. The standard InChI is InChI=1S/C15H31N3O2/c1-4-15(3,9-11-19)17-14(20)16-12-13-8-6-7-10-18(13)5-2/h13,19H,4-12H2,1-3H3,(H2,16,17,20). The van der Waals surface area contributed by atoms with Gasteiger partial charge in [0.1, 0.15) is 0 Å². The lowest BCUT2D eigenvalue weighted by Gasteiger charge is -2.35. The molecule has 1 fully saturated rings. The second-order valence-electron chi connectivity index (χ2n) is 6.00. The zero-order valence-electron chi connectivity index (χ0n) is 13.2. The van der Waals surface area contributed by atoms with Gasteiger partial charge in [0.25, 0.3) is 0 Å². The summed E-state index contributed by atoms with van der Waals surface area (Å²) in [5.74, 6) is 0. The third-order valence-corrected chi connectivity index (χ3v) is 4.51. The van der Waals surface area contributed by atoms with Gasteiger partial charge in [-0.25, -0.2) is 4.79 Å². The summed E-state index contributed by atoms with van der Waals surface area (Å²) < 4.78 is 0. The van der Waals surface area contributed by atoms with Crippen LogP contribution < -0.4 is 10.6 Å². The zero-order chi connectivity index (χ0) is 15.0. The molecule has 5 nitrogen and oxygen atoms in total. The van der Waals surface area contributed by atoms with Crippen LogP contribution in [0.25, 0.3) is 0 Å². The minimum atomic E-state index is -0.324. The van der Waals surface area contributed by atoms with E-state index in [-0.39, 0.29) is 18.2 Å². The van der Waals surface area contributed by atoms with Gasteiger partial charge in [0.05, 0.1) is 0 Å². The Kier molecular flexibility index (Phi) is 7.30. The lowest BCUT2D eigenvalue weighted by Crippen LogP contribution is -2.53. The predicted molar refractivity (Wildman–Crippen MR) is 81.8 cm³/mol. The van der Waals surface area contributed by atoms with Gasteiger partial charge in [0.2, 0.25) is 0 Å². The van der Waals surface area contributed by atoms with Crippen molar-refractivity contribution >= 4 is 6.03 Å². The molecule has 1 rings (SSSR count). The summed E-state index contributed by atoms with van der Waals surface area (Å²) in [5.41, 5.74) is -0.324. The molecule has 0 aromatic carbocycles.